The van der Waals surface area contributed by atoms with E-state index in [9.17, 15) is 4.79 Å². The summed E-state index contributed by atoms with van der Waals surface area (Å²) < 4.78 is 5.30. The predicted octanol–water partition coefficient (Wildman–Crippen LogP) is 1.77. The Hall–Kier alpha value is -0.910. The molecular weight excluding hydrogens is 260 g/mol. The van der Waals surface area contributed by atoms with Crippen LogP contribution in [0.25, 0.3) is 0 Å². The number of nitrogens with one attached hydrogen (secondary N) is 2. The number of carbonyl (C=O) groups is 1. The first kappa shape index (κ1) is 14.5. The summed E-state index contributed by atoms with van der Waals surface area (Å²) in [6, 6.07) is 4.12. The summed E-state index contributed by atoms with van der Waals surface area (Å²) in [5.74, 6) is 0.112. The van der Waals surface area contributed by atoms with Gasteiger partial charge in [0.05, 0.1) is 6.61 Å². The van der Waals surface area contributed by atoms with Crippen molar-refractivity contribution in [3.05, 3.63) is 22.4 Å². The van der Waals surface area contributed by atoms with Crippen molar-refractivity contribution in [2.75, 3.05) is 19.7 Å². The van der Waals surface area contributed by atoms with E-state index >= 15 is 0 Å². The van der Waals surface area contributed by atoms with Crippen molar-refractivity contribution in [1.29, 1.82) is 0 Å². The minimum Gasteiger partial charge on any atom is -0.465 e. The molecule has 0 aliphatic carbocycles. The molecule has 106 valence electrons. The van der Waals surface area contributed by atoms with Gasteiger partial charge in [-0.2, -0.15) is 0 Å². The van der Waals surface area contributed by atoms with Crippen LogP contribution in [0.2, 0.25) is 0 Å². The smallest absolute Gasteiger partial charge is 0.326 e. The van der Waals surface area contributed by atoms with E-state index in [-0.39, 0.29) is 11.9 Å². The molecule has 1 aliphatic heterocycles. The molecule has 1 aromatic heterocycles. The van der Waals surface area contributed by atoms with E-state index < -0.39 is 5.54 Å². The van der Waals surface area contributed by atoms with Gasteiger partial charge in [0.15, 0.2) is 0 Å². The van der Waals surface area contributed by atoms with E-state index in [1.54, 1.807) is 11.3 Å². The van der Waals surface area contributed by atoms with Crippen LogP contribution in [-0.4, -0.2) is 31.2 Å². The van der Waals surface area contributed by atoms with Gasteiger partial charge in [-0.05, 0) is 37.3 Å². The quantitative estimate of drug-likeness (QED) is 0.808. The number of hydrogen-bond donors (Lipinski definition) is 2. The number of rotatable bonds is 5. The number of hydrogen-bond acceptors (Lipinski definition) is 5. The van der Waals surface area contributed by atoms with Crippen LogP contribution in [0, 0.1) is 5.92 Å². The Kier molecular flexibility index (Phi) is 4.96. The van der Waals surface area contributed by atoms with Gasteiger partial charge in [0.2, 0.25) is 0 Å². The zero-order valence-corrected chi connectivity index (χ0v) is 12.4. The average Bonchev–Trinajstić information content (AvgIpc) is 2.91. The molecule has 1 aliphatic rings. The lowest BCUT2D eigenvalue weighted by molar-refractivity contribution is -0.155. The summed E-state index contributed by atoms with van der Waals surface area (Å²) in [7, 11) is 0. The van der Waals surface area contributed by atoms with Gasteiger partial charge >= 0.3 is 5.97 Å². The molecule has 2 heterocycles. The Morgan fingerprint density at radius 2 is 2.53 bits per heavy atom. The fourth-order valence-electron chi connectivity index (χ4n) is 2.58. The topological polar surface area (TPSA) is 50.4 Å². The molecule has 19 heavy (non-hydrogen) atoms. The normalized spacial score (nSPS) is 27.2. The summed E-state index contributed by atoms with van der Waals surface area (Å²) >= 11 is 1.71. The van der Waals surface area contributed by atoms with Crippen molar-refractivity contribution in [3.63, 3.8) is 0 Å². The molecule has 0 aromatic carbocycles. The molecule has 2 unspecified atom stereocenters. The summed E-state index contributed by atoms with van der Waals surface area (Å²) in [4.78, 5) is 13.6. The zero-order valence-electron chi connectivity index (χ0n) is 11.6. The Morgan fingerprint density at radius 3 is 3.16 bits per heavy atom. The number of piperidine rings is 1. The summed E-state index contributed by atoms with van der Waals surface area (Å²) in [5, 5.41) is 8.86. The van der Waals surface area contributed by atoms with E-state index in [1.165, 1.54) is 4.88 Å². The lowest BCUT2D eigenvalue weighted by Crippen LogP contribution is -2.63. The van der Waals surface area contributed by atoms with E-state index in [0.29, 0.717) is 6.61 Å². The highest BCUT2D eigenvalue weighted by atomic mass is 32.1. The largest absolute Gasteiger partial charge is 0.465 e. The summed E-state index contributed by atoms with van der Waals surface area (Å²) in [6.07, 6.45) is 0.776. The molecule has 0 radical (unpaired) electrons. The van der Waals surface area contributed by atoms with Crippen LogP contribution in [0.4, 0.5) is 0 Å². The number of esters is 1. The molecule has 0 bridgehead atoms. The highest BCUT2D eigenvalue weighted by Crippen LogP contribution is 2.27. The van der Waals surface area contributed by atoms with Crippen molar-refractivity contribution < 1.29 is 9.53 Å². The minimum absolute atomic E-state index is 0.111. The first-order valence-corrected chi connectivity index (χ1v) is 7.72. The standard InChI is InChI=1S/C14H22N2O2S/c1-3-18-13(17)14(6-7-15-9-11(14)2)16-10-12-5-4-8-19-12/h4-5,8,11,15-16H,3,6-7,9-10H2,1-2H3. The molecule has 0 spiro atoms. The monoisotopic (exact) mass is 282 g/mol. The Bertz CT molecular complexity index is 408. The van der Waals surface area contributed by atoms with Crippen LogP contribution in [-0.2, 0) is 16.1 Å². The van der Waals surface area contributed by atoms with Crippen molar-refractivity contribution >= 4 is 17.3 Å². The lowest BCUT2D eigenvalue weighted by Gasteiger charge is -2.41. The van der Waals surface area contributed by atoms with Crippen LogP contribution in [0.15, 0.2) is 17.5 Å². The van der Waals surface area contributed by atoms with Crippen molar-refractivity contribution in [1.82, 2.24) is 10.6 Å². The van der Waals surface area contributed by atoms with E-state index in [4.69, 9.17) is 4.74 Å². The highest BCUT2D eigenvalue weighted by molar-refractivity contribution is 7.09. The Morgan fingerprint density at radius 1 is 1.68 bits per heavy atom. The molecule has 2 rings (SSSR count). The molecular formula is C14H22N2O2S. The van der Waals surface area contributed by atoms with Crippen molar-refractivity contribution in [2.45, 2.75) is 32.4 Å². The summed E-state index contributed by atoms with van der Waals surface area (Å²) in [5.41, 5.74) is -0.550. The van der Waals surface area contributed by atoms with Crippen LogP contribution >= 0.6 is 11.3 Å². The first-order chi connectivity index (χ1) is 9.19. The van der Waals surface area contributed by atoms with Crippen LogP contribution in [0.3, 0.4) is 0 Å². The van der Waals surface area contributed by atoms with E-state index in [2.05, 4.69) is 29.0 Å². The molecule has 1 fully saturated rings. The van der Waals surface area contributed by atoms with Crippen LogP contribution in [0.1, 0.15) is 25.1 Å². The maximum Gasteiger partial charge on any atom is 0.326 e. The maximum atomic E-state index is 12.4. The Labute approximate surface area is 118 Å². The average molecular weight is 282 g/mol. The molecule has 2 N–H and O–H groups in total. The fraction of sp³-hybridized carbons (Fsp3) is 0.643. The third kappa shape index (κ3) is 3.16. The third-order valence-electron chi connectivity index (χ3n) is 3.79. The molecule has 0 saturated carbocycles. The van der Waals surface area contributed by atoms with Gasteiger partial charge in [0, 0.05) is 18.0 Å². The number of ether oxygens (including phenoxy) is 1. The SMILES string of the molecule is CCOC(=O)C1(NCc2cccs2)CCNCC1C. The van der Waals surface area contributed by atoms with Gasteiger partial charge in [-0.3, -0.25) is 10.1 Å². The van der Waals surface area contributed by atoms with Gasteiger partial charge in [-0.25, -0.2) is 0 Å². The Balaban J connectivity index is 2.11. The number of thiophene rings is 1. The molecule has 0 amide bonds. The van der Waals surface area contributed by atoms with Gasteiger partial charge < -0.3 is 10.1 Å². The minimum atomic E-state index is -0.550. The van der Waals surface area contributed by atoms with Gasteiger partial charge in [-0.1, -0.05) is 13.0 Å². The van der Waals surface area contributed by atoms with E-state index in [1.807, 2.05) is 13.0 Å². The second kappa shape index (κ2) is 6.50. The van der Waals surface area contributed by atoms with Gasteiger partial charge in [0.25, 0.3) is 0 Å². The first-order valence-electron chi connectivity index (χ1n) is 6.84. The van der Waals surface area contributed by atoms with Crippen molar-refractivity contribution in [2.24, 2.45) is 5.92 Å². The number of carbonyl (C=O) groups excluding carboxylic acids is 1. The molecule has 1 saturated heterocycles. The van der Waals surface area contributed by atoms with Crippen molar-refractivity contribution in [3.8, 4) is 0 Å². The molecule has 2 atom stereocenters. The maximum absolute atomic E-state index is 12.4. The lowest BCUT2D eigenvalue weighted by atomic mass is 9.79. The van der Waals surface area contributed by atoms with Crippen LogP contribution in [0.5, 0.6) is 0 Å². The predicted molar refractivity (Wildman–Crippen MR) is 77.2 cm³/mol. The van der Waals surface area contributed by atoms with E-state index in [0.717, 1.165) is 26.1 Å². The second-order valence-electron chi connectivity index (χ2n) is 4.98. The van der Waals surface area contributed by atoms with Gasteiger partial charge in [-0.15, -0.1) is 11.3 Å². The summed E-state index contributed by atoms with van der Waals surface area (Å²) in [6.45, 7) is 6.81. The molecule has 1 aromatic rings. The third-order valence-corrected chi connectivity index (χ3v) is 4.66. The second-order valence-corrected chi connectivity index (χ2v) is 6.01. The highest BCUT2D eigenvalue weighted by Gasteiger charge is 2.45. The molecule has 4 nitrogen and oxygen atoms in total. The van der Waals surface area contributed by atoms with Crippen LogP contribution < -0.4 is 10.6 Å². The molecule has 5 heteroatoms. The van der Waals surface area contributed by atoms with Gasteiger partial charge in [0.1, 0.15) is 5.54 Å². The zero-order chi connectivity index (χ0) is 13.7. The fourth-order valence-corrected chi connectivity index (χ4v) is 3.23.